The Morgan fingerprint density at radius 2 is 2.04 bits per heavy atom. The number of anilines is 1. The van der Waals surface area contributed by atoms with Crippen molar-refractivity contribution in [2.45, 2.75) is 45.8 Å². The first kappa shape index (κ1) is 18.3. The molecule has 0 saturated heterocycles. The molecule has 0 saturated carbocycles. The molecule has 7 heteroatoms. The Hall–Kier alpha value is -2.12. The molecular weight excluding hydrogens is 378 g/mol. The first-order chi connectivity index (χ1) is 12.7. The number of fused-ring (bicyclic) bond motifs is 2. The molecular formula is C20H23N3O2S2. The molecule has 0 fully saturated rings. The largest absolute Gasteiger partial charge is 0.444 e. The predicted octanol–water partition coefficient (Wildman–Crippen LogP) is 5.46. The summed E-state index contributed by atoms with van der Waals surface area (Å²) in [6.45, 7) is 8.96. The van der Waals surface area contributed by atoms with Gasteiger partial charge in [-0.05, 0) is 38.5 Å². The lowest BCUT2D eigenvalue weighted by atomic mass is 9.93. The van der Waals surface area contributed by atoms with E-state index < -0.39 is 5.60 Å². The highest BCUT2D eigenvalue weighted by molar-refractivity contribution is 7.22. The van der Waals surface area contributed by atoms with Gasteiger partial charge in [-0.25, -0.2) is 9.78 Å². The minimum absolute atomic E-state index is 0.178. The van der Waals surface area contributed by atoms with E-state index in [0.717, 1.165) is 30.7 Å². The third-order valence-electron chi connectivity index (χ3n) is 4.53. The van der Waals surface area contributed by atoms with Gasteiger partial charge in [-0.3, -0.25) is 0 Å². The summed E-state index contributed by atoms with van der Waals surface area (Å²) in [6, 6.07) is 8.13. The maximum Gasteiger partial charge on any atom is 0.410 e. The molecule has 3 aromatic rings. The zero-order chi connectivity index (χ0) is 19.3. The number of rotatable bonds is 1. The van der Waals surface area contributed by atoms with Gasteiger partial charge in [0.1, 0.15) is 10.6 Å². The number of para-hydroxylation sites is 1. The number of nitrogens with two attached hydrogens (primary N) is 1. The van der Waals surface area contributed by atoms with E-state index in [-0.39, 0.29) is 12.0 Å². The molecule has 2 N–H and O–H groups in total. The highest BCUT2D eigenvalue weighted by Gasteiger charge is 2.34. The van der Waals surface area contributed by atoms with Crippen LogP contribution in [-0.4, -0.2) is 28.1 Å². The number of amides is 1. The molecule has 1 aliphatic heterocycles. The molecule has 142 valence electrons. The van der Waals surface area contributed by atoms with Crippen molar-refractivity contribution in [3.63, 3.8) is 0 Å². The van der Waals surface area contributed by atoms with Crippen molar-refractivity contribution >= 4 is 44.0 Å². The number of ether oxygens (including phenoxy) is 1. The number of carbonyl (C=O) groups is 1. The van der Waals surface area contributed by atoms with Crippen molar-refractivity contribution in [3.05, 3.63) is 34.7 Å². The fourth-order valence-electron chi connectivity index (χ4n) is 3.47. The number of benzene rings is 1. The number of thiazole rings is 1. The van der Waals surface area contributed by atoms with E-state index in [0.29, 0.717) is 13.1 Å². The van der Waals surface area contributed by atoms with Gasteiger partial charge in [0.25, 0.3) is 0 Å². The van der Waals surface area contributed by atoms with Crippen LogP contribution in [0.4, 0.5) is 9.80 Å². The summed E-state index contributed by atoms with van der Waals surface area (Å²) in [4.78, 5) is 20.2. The molecule has 0 radical (unpaired) electrons. The lowest BCUT2D eigenvalue weighted by Gasteiger charge is -2.33. The third kappa shape index (κ3) is 3.41. The van der Waals surface area contributed by atoms with Crippen molar-refractivity contribution in [2.24, 2.45) is 0 Å². The van der Waals surface area contributed by atoms with Crippen molar-refractivity contribution in [1.82, 2.24) is 9.88 Å². The van der Waals surface area contributed by atoms with Gasteiger partial charge in [0, 0.05) is 22.9 Å². The van der Waals surface area contributed by atoms with E-state index in [9.17, 15) is 4.79 Å². The fourth-order valence-corrected chi connectivity index (χ4v) is 5.79. The van der Waals surface area contributed by atoms with E-state index in [1.807, 2.05) is 39.0 Å². The van der Waals surface area contributed by atoms with Crippen LogP contribution in [-0.2, 0) is 11.3 Å². The summed E-state index contributed by atoms with van der Waals surface area (Å²) < 4.78 is 6.71. The van der Waals surface area contributed by atoms with E-state index in [4.69, 9.17) is 15.5 Å². The Morgan fingerprint density at radius 1 is 1.30 bits per heavy atom. The van der Waals surface area contributed by atoms with E-state index in [1.165, 1.54) is 5.56 Å². The Bertz CT molecular complexity index is 983. The Morgan fingerprint density at radius 3 is 2.74 bits per heavy atom. The van der Waals surface area contributed by atoms with Gasteiger partial charge < -0.3 is 15.4 Å². The minimum Gasteiger partial charge on any atom is -0.444 e. The highest BCUT2D eigenvalue weighted by atomic mass is 32.1. The average molecular weight is 402 g/mol. The number of nitrogens with zero attached hydrogens (tertiary/aromatic N) is 2. The molecule has 1 aromatic carbocycles. The van der Waals surface area contributed by atoms with Crippen LogP contribution in [0.2, 0.25) is 0 Å². The van der Waals surface area contributed by atoms with Gasteiger partial charge in [0.15, 0.2) is 0 Å². The first-order valence-electron chi connectivity index (χ1n) is 8.98. The first-order valence-corrected chi connectivity index (χ1v) is 10.6. The summed E-state index contributed by atoms with van der Waals surface area (Å²) in [5.41, 5.74) is 9.19. The van der Waals surface area contributed by atoms with Crippen LogP contribution in [0, 0.1) is 0 Å². The van der Waals surface area contributed by atoms with Crippen molar-refractivity contribution in [2.75, 3.05) is 12.3 Å². The predicted molar refractivity (Wildman–Crippen MR) is 112 cm³/mol. The van der Waals surface area contributed by atoms with Crippen LogP contribution in [0.1, 0.15) is 44.1 Å². The summed E-state index contributed by atoms with van der Waals surface area (Å²) in [6.07, 6.45) is -0.270. The maximum absolute atomic E-state index is 12.5. The maximum atomic E-state index is 12.5. The van der Waals surface area contributed by atoms with Crippen LogP contribution >= 0.6 is 22.7 Å². The topological polar surface area (TPSA) is 68.5 Å². The highest BCUT2D eigenvalue weighted by Crippen LogP contribution is 2.47. The molecule has 2 aromatic heterocycles. The van der Waals surface area contributed by atoms with Crippen LogP contribution in [0.15, 0.2) is 24.3 Å². The van der Waals surface area contributed by atoms with E-state index >= 15 is 0 Å². The molecule has 0 aliphatic carbocycles. The molecule has 0 spiro atoms. The van der Waals surface area contributed by atoms with Gasteiger partial charge in [0.2, 0.25) is 0 Å². The summed E-state index contributed by atoms with van der Waals surface area (Å²) in [7, 11) is 0. The van der Waals surface area contributed by atoms with Crippen LogP contribution in [0.3, 0.4) is 0 Å². The summed E-state index contributed by atoms with van der Waals surface area (Å²) in [5, 5.41) is 1.74. The van der Waals surface area contributed by atoms with E-state index in [2.05, 4.69) is 13.0 Å². The fraction of sp³-hybridized carbons (Fsp3) is 0.400. The molecule has 27 heavy (non-hydrogen) atoms. The lowest BCUT2D eigenvalue weighted by Crippen LogP contribution is -2.40. The molecule has 1 unspecified atom stereocenters. The second-order valence-electron chi connectivity index (χ2n) is 7.93. The summed E-state index contributed by atoms with van der Waals surface area (Å²) >= 11 is 3.23. The van der Waals surface area contributed by atoms with Gasteiger partial charge in [-0.2, -0.15) is 0 Å². The second kappa shape index (κ2) is 6.49. The Labute approximate surface area is 166 Å². The SMILES string of the molecule is CC1CN(C(=O)OC(C)(C)C)Cc2sc(N)c(-c3nc4ccccc4s3)c21. The van der Waals surface area contributed by atoms with Crippen molar-refractivity contribution in [1.29, 1.82) is 0 Å². The lowest BCUT2D eigenvalue weighted by molar-refractivity contribution is 0.0212. The van der Waals surface area contributed by atoms with Crippen molar-refractivity contribution in [3.8, 4) is 10.6 Å². The second-order valence-corrected chi connectivity index (χ2v) is 10.1. The quantitative estimate of drug-likeness (QED) is 0.588. The normalized spacial score (nSPS) is 17.2. The monoisotopic (exact) mass is 401 g/mol. The van der Waals surface area contributed by atoms with E-state index in [1.54, 1.807) is 27.6 Å². The molecule has 1 aliphatic rings. The van der Waals surface area contributed by atoms with Gasteiger partial charge in [0.05, 0.1) is 21.8 Å². The van der Waals surface area contributed by atoms with Crippen LogP contribution in [0.25, 0.3) is 20.8 Å². The van der Waals surface area contributed by atoms with Gasteiger partial charge in [-0.1, -0.05) is 19.1 Å². The number of hydrogen-bond donors (Lipinski definition) is 1. The molecule has 0 bridgehead atoms. The zero-order valence-electron chi connectivity index (χ0n) is 15.9. The molecule has 3 heterocycles. The minimum atomic E-state index is -0.499. The summed E-state index contributed by atoms with van der Waals surface area (Å²) in [5.74, 6) is 0.178. The number of thiophene rings is 1. The smallest absolute Gasteiger partial charge is 0.410 e. The molecule has 1 amide bonds. The van der Waals surface area contributed by atoms with Crippen molar-refractivity contribution < 1.29 is 9.53 Å². The molecule has 4 rings (SSSR count). The standard InChI is InChI=1S/C20H23N3O2S2/c1-11-9-23(19(24)25-20(2,3)4)10-14-15(11)16(17(21)26-14)18-22-12-7-5-6-8-13(12)27-18/h5-8,11H,9-10,21H2,1-4H3. The average Bonchev–Trinajstić information content (AvgIpc) is 3.12. The van der Waals surface area contributed by atoms with Gasteiger partial charge in [-0.15, -0.1) is 22.7 Å². The number of carbonyl (C=O) groups excluding carboxylic acids is 1. The molecule has 5 nitrogen and oxygen atoms in total. The van der Waals surface area contributed by atoms with Gasteiger partial charge >= 0.3 is 6.09 Å². The number of nitrogen functional groups attached to an aromatic ring is 1. The van der Waals surface area contributed by atoms with Crippen LogP contribution in [0.5, 0.6) is 0 Å². The third-order valence-corrected chi connectivity index (χ3v) is 6.60. The number of hydrogen-bond acceptors (Lipinski definition) is 6. The zero-order valence-corrected chi connectivity index (χ0v) is 17.5. The Balaban J connectivity index is 1.70. The Kier molecular flexibility index (Phi) is 4.39. The molecule has 1 atom stereocenters. The number of aromatic nitrogens is 1. The van der Waals surface area contributed by atoms with Crippen LogP contribution < -0.4 is 5.73 Å².